The van der Waals surface area contributed by atoms with Crippen molar-refractivity contribution in [2.45, 2.75) is 6.42 Å². The third kappa shape index (κ3) is 2.22. The van der Waals surface area contributed by atoms with Crippen molar-refractivity contribution in [1.29, 1.82) is 0 Å². The molecule has 6 nitrogen and oxygen atoms in total. The normalized spacial score (nSPS) is 19.1. The Morgan fingerprint density at radius 1 is 1.26 bits per heavy atom. The molecule has 19 heavy (non-hydrogen) atoms. The van der Waals surface area contributed by atoms with Crippen LogP contribution in [0.3, 0.4) is 0 Å². The highest BCUT2D eigenvalue weighted by atomic mass is 16.3. The minimum absolute atomic E-state index is 0.0268. The number of hydrogen-bond donors (Lipinski definition) is 1. The molecule has 1 aromatic carbocycles. The summed E-state index contributed by atoms with van der Waals surface area (Å²) in [5.41, 5.74) is 1.62. The number of benzene rings is 1. The fraction of sp³-hybridized carbons (Fsp3) is 0.308. The van der Waals surface area contributed by atoms with Gasteiger partial charge in [0, 0.05) is 31.2 Å². The molecular weight excluding hydrogens is 244 g/mol. The van der Waals surface area contributed by atoms with Crippen molar-refractivity contribution in [2.75, 3.05) is 18.1 Å². The lowest BCUT2D eigenvalue weighted by Crippen LogP contribution is -2.25. The first-order valence-electron chi connectivity index (χ1n) is 6.16. The molecule has 3 rings (SSSR count). The molecule has 0 saturated carbocycles. The Hall–Kier alpha value is -2.21. The van der Waals surface area contributed by atoms with Gasteiger partial charge in [-0.25, -0.2) is 0 Å². The lowest BCUT2D eigenvalue weighted by atomic mass is 10.1. The van der Waals surface area contributed by atoms with Crippen LogP contribution in [0.15, 0.2) is 36.7 Å². The first kappa shape index (κ1) is 11.9. The van der Waals surface area contributed by atoms with Crippen LogP contribution in [-0.4, -0.2) is 39.2 Å². The van der Waals surface area contributed by atoms with Gasteiger partial charge in [-0.3, -0.25) is 4.79 Å². The topological polar surface area (TPSA) is 71.2 Å². The Labute approximate surface area is 110 Å². The number of carbonyl (C=O) groups excluding carboxylic acids is 1. The Morgan fingerprint density at radius 3 is 2.68 bits per heavy atom. The second kappa shape index (κ2) is 4.81. The predicted molar refractivity (Wildman–Crippen MR) is 68.9 cm³/mol. The van der Waals surface area contributed by atoms with E-state index in [0.29, 0.717) is 13.0 Å². The zero-order valence-electron chi connectivity index (χ0n) is 10.3. The van der Waals surface area contributed by atoms with Gasteiger partial charge in [0.25, 0.3) is 0 Å². The molecular formula is C13H14N4O2. The van der Waals surface area contributed by atoms with E-state index in [2.05, 4.69) is 10.2 Å². The van der Waals surface area contributed by atoms with Crippen LogP contribution in [0.4, 0.5) is 5.69 Å². The lowest BCUT2D eigenvalue weighted by Gasteiger charge is -2.17. The van der Waals surface area contributed by atoms with Crippen molar-refractivity contribution in [3.05, 3.63) is 36.7 Å². The van der Waals surface area contributed by atoms with Gasteiger partial charge in [-0.1, -0.05) is 6.07 Å². The SMILES string of the molecule is O=C1CC(CO)CN1c1cccc(-n2nccn2)c1. The summed E-state index contributed by atoms with van der Waals surface area (Å²) in [7, 11) is 0. The number of aliphatic hydroxyl groups is 1. The third-order valence-corrected chi connectivity index (χ3v) is 3.25. The summed E-state index contributed by atoms with van der Waals surface area (Å²) in [4.78, 5) is 15.1. The Balaban J connectivity index is 1.90. The zero-order chi connectivity index (χ0) is 13.2. The van der Waals surface area contributed by atoms with E-state index in [9.17, 15) is 4.79 Å². The standard InChI is InChI=1S/C13H14N4O2/c18-9-10-6-13(19)16(8-10)11-2-1-3-12(7-11)17-14-4-5-15-17/h1-5,7,10,18H,6,8-9H2. The van der Waals surface area contributed by atoms with E-state index >= 15 is 0 Å². The van der Waals surface area contributed by atoms with Crippen molar-refractivity contribution in [1.82, 2.24) is 15.0 Å². The van der Waals surface area contributed by atoms with E-state index in [1.165, 1.54) is 4.80 Å². The van der Waals surface area contributed by atoms with Crippen LogP contribution in [0.25, 0.3) is 5.69 Å². The lowest BCUT2D eigenvalue weighted by molar-refractivity contribution is -0.117. The molecule has 6 heteroatoms. The second-order valence-electron chi connectivity index (χ2n) is 4.60. The Bertz CT molecular complexity index is 582. The first-order chi connectivity index (χ1) is 9.28. The van der Waals surface area contributed by atoms with E-state index in [1.807, 2.05) is 24.3 Å². The Morgan fingerprint density at radius 2 is 2.00 bits per heavy atom. The van der Waals surface area contributed by atoms with Gasteiger partial charge in [0.2, 0.25) is 5.91 Å². The highest BCUT2D eigenvalue weighted by Crippen LogP contribution is 2.26. The van der Waals surface area contributed by atoms with Gasteiger partial charge in [-0.2, -0.15) is 15.0 Å². The number of hydrogen-bond acceptors (Lipinski definition) is 4. The highest BCUT2D eigenvalue weighted by molar-refractivity contribution is 5.95. The van der Waals surface area contributed by atoms with Gasteiger partial charge >= 0.3 is 0 Å². The van der Waals surface area contributed by atoms with Crippen LogP contribution < -0.4 is 4.90 Å². The maximum absolute atomic E-state index is 11.9. The largest absolute Gasteiger partial charge is 0.396 e. The summed E-state index contributed by atoms with van der Waals surface area (Å²) >= 11 is 0. The molecule has 0 spiro atoms. The summed E-state index contributed by atoms with van der Waals surface area (Å²) in [6.45, 7) is 0.605. The average molecular weight is 258 g/mol. The fourth-order valence-electron chi connectivity index (χ4n) is 2.29. The number of rotatable bonds is 3. The molecule has 0 radical (unpaired) electrons. The highest BCUT2D eigenvalue weighted by Gasteiger charge is 2.30. The van der Waals surface area contributed by atoms with Gasteiger partial charge in [0.15, 0.2) is 0 Å². The van der Waals surface area contributed by atoms with Crippen molar-refractivity contribution in [2.24, 2.45) is 5.92 Å². The van der Waals surface area contributed by atoms with Crippen molar-refractivity contribution >= 4 is 11.6 Å². The van der Waals surface area contributed by atoms with Crippen LogP contribution in [0, 0.1) is 5.92 Å². The molecule has 1 amide bonds. The molecule has 2 aromatic rings. The van der Waals surface area contributed by atoms with E-state index in [4.69, 9.17) is 5.11 Å². The first-order valence-corrected chi connectivity index (χ1v) is 6.16. The molecule has 1 unspecified atom stereocenters. The fourth-order valence-corrected chi connectivity index (χ4v) is 2.29. The third-order valence-electron chi connectivity index (χ3n) is 3.25. The maximum Gasteiger partial charge on any atom is 0.227 e. The quantitative estimate of drug-likeness (QED) is 0.875. The molecule has 0 bridgehead atoms. The molecule has 0 aliphatic carbocycles. The molecule has 1 aromatic heterocycles. The Kier molecular flexibility index (Phi) is 3.00. The molecule has 98 valence electrons. The summed E-state index contributed by atoms with van der Waals surface area (Å²) in [5.74, 6) is 0.0728. The van der Waals surface area contributed by atoms with Gasteiger partial charge in [0.05, 0.1) is 18.1 Å². The molecule has 1 atom stereocenters. The second-order valence-corrected chi connectivity index (χ2v) is 4.60. The van der Waals surface area contributed by atoms with E-state index in [1.54, 1.807) is 17.3 Å². The summed E-state index contributed by atoms with van der Waals surface area (Å²) in [6.07, 6.45) is 3.62. The number of anilines is 1. The van der Waals surface area contributed by atoms with E-state index < -0.39 is 0 Å². The summed E-state index contributed by atoms with van der Waals surface area (Å²) in [6, 6.07) is 7.50. The monoisotopic (exact) mass is 258 g/mol. The van der Waals surface area contributed by atoms with E-state index in [0.717, 1.165) is 11.4 Å². The number of nitrogens with zero attached hydrogens (tertiary/aromatic N) is 4. The number of carbonyl (C=O) groups is 1. The van der Waals surface area contributed by atoms with Crippen molar-refractivity contribution < 1.29 is 9.90 Å². The average Bonchev–Trinajstić information content (AvgIpc) is 3.08. The van der Waals surface area contributed by atoms with Gasteiger partial charge in [-0.15, -0.1) is 0 Å². The number of aliphatic hydroxyl groups excluding tert-OH is 1. The van der Waals surface area contributed by atoms with Gasteiger partial charge < -0.3 is 10.0 Å². The van der Waals surface area contributed by atoms with E-state index in [-0.39, 0.29) is 18.4 Å². The van der Waals surface area contributed by atoms with Gasteiger partial charge in [-0.05, 0) is 18.2 Å². The molecule has 1 fully saturated rings. The van der Waals surface area contributed by atoms with Gasteiger partial charge in [0.1, 0.15) is 0 Å². The zero-order valence-corrected chi connectivity index (χ0v) is 10.3. The van der Waals surface area contributed by atoms with Crippen LogP contribution >= 0.6 is 0 Å². The maximum atomic E-state index is 11.9. The van der Waals surface area contributed by atoms with Crippen molar-refractivity contribution in [3.8, 4) is 5.69 Å². The molecule has 1 saturated heterocycles. The smallest absolute Gasteiger partial charge is 0.227 e. The van der Waals surface area contributed by atoms with Crippen LogP contribution in [0.2, 0.25) is 0 Å². The van der Waals surface area contributed by atoms with Crippen molar-refractivity contribution in [3.63, 3.8) is 0 Å². The molecule has 1 aliphatic heterocycles. The van der Waals surface area contributed by atoms with Crippen LogP contribution in [0.1, 0.15) is 6.42 Å². The minimum atomic E-state index is 0.0268. The predicted octanol–water partition coefficient (Wildman–Crippen LogP) is 0.612. The van der Waals surface area contributed by atoms with Crippen LogP contribution in [0.5, 0.6) is 0 Å². The minimum Gasteiger partial charge on any atom is -0.396 e. The summed E-state index contributed by atoms with van der Waals surface area (Å²) < 4.78 is 0. The molecule has 2 heterocycles. The summed E-state index contributed by atoms with van der Waals surface area (Å²) in [5, 5.41) is 17.3. The number of amides is 1. The van der Waals surface area contributed by atoms with Crippen LogP contribution in [-0.2, 0) is 4.79 Å². The number of aromatic nitrogens is 3. The molecule has 1 aliphatic rings. The molecule has 1 N–H and O–H groups in total.